The van der Waals surface area contributed by atoms with Crippen LogP contribution in [-0.4, -0.2) is 5.11 Å². The standard InChI is InChI=1S/C17H14F2O/c18-14-5-7-16(17(19)10-14)13-3-1-2-11-9-15(20)6-4-12(11)8-13/h4-10,20H,1-3H2. The van der Waals surface area contributed by atoms with Crippen molar-refractivity contribution >= 4 is 11.6 Å². The Bertz CT molecular complexity index is 689. The van der Waals surface area contributed by atoms with E-state index in [0.29, 0.717) is 5.56 Å². The molecule has 3 rings (SSSR count). The highest BCUT2D eigenvalue weighted by atomic mass is 19.1. The van der Waals surface area contributed by atoms with Gasteiger partial charge in [-0.05, 0) is 60.2 Å². The molecule has 0 radical (unpaired) electrons. The number of hydrogen-bond acceptors (Lipinski definition) is 1. The molecule has 0 aliphatic heterocycles. The van der Waals surface area contributed by atoms with Gasteiger partial charge in [0.1, 0.15) is 17.4 Å². The minimum Gasteiger partial charge on any atom is -0.508 e. The van der Waals surface area contributed by atoms with Crippen LogP contribution in [0.3, 0.4) is 0 Å². The first-order valence-corrected chi connectivity index (χ1v) is 6.61. The normalized spacial score (nSPS) is 14.4. The highest BCUT2D eigenvalue weighted by molar-refractivity contribution is 5.83. The number of rotatable bonds is 1. The number of benzene rings is 2. The maximum Gasteiger partial charge on any atom is 0.133 e. The number of hydrogen-bond donors (Lipinski definition) is 1. The van der Waals surface area contributed by atoms with Crippen molar-refractivity contribution < 1.29 is 13.9 Å². The van der Waals surface area contributed by atoms with Crippen molar-refractivity contribution in [3.63, 3.8) is 0 Å². The van der Waals surface area contributed by atoms with Gasteiger partial charge < -0.3 is 5.11 Å². The molecular formula is C17H14F2O. The fraction of sp³-hybridized carbons (Fsp3) is 0.176. The molecule has 20 heavy (non-hydrogen) atoms. The smallest absolute Gasteiger partial charge is 0.133 e. The molecule has 1 N–H and O–H groups in total. The zero-order valence-electron chi connectivity index (χ0n) is 10.9. The van der Waals surface area contributed by atoms with E-state index in [9.17, 15) is 13.9 Å². The fourth-order valence-corrected chi connectivity index (χ4v) is 2.64. The zero-order valence-corrected chi connectivity index (χ0v) is 10.9. The van der Waals surface area contributed by atoms with Crippen molar-refractivity contribution in [3.8, 4) is 5.75 Å². The van der Waals surface area contributed by atoms with Crippen molar-refractivity contribution in [3.05, 3.63) is 64.7 Å². The van der Waals surface area contributed by atoms with Crippen LogP contribution in [-0.2, 0) is 6.42 Å². The molecule has 102 valence electrons. The first-order chi connectivity index (χ1) is 9.63. The third-order valence-corrected chi connectivity index (χ3v) is 3.63. The lowest BCUT2D eigenvalue weighted by molar-refractivity contribution is 0.474. The Labute approximate surface area is 116 Å². The fourth-order valence-electron chi connectivity index (χ4n) is 2.64. The lowest BCUT2D eigenvalue weighted by atomic mass is 10.00. The summed E-state index contributed by atoms with van der Waals surface area (Å²) in [7, 11) is 0. The van der Waals surface area contributed by atoms with Gasteiger partial charge in [-0.3, -0.25) is 0 Å². The quantitative estimate of drug-likeness (QED) is 0.807. The van der Waals surface area contributed by atoms with Gasteiger partial charge in [-0.2, -0.15) is 0 Å². The van der Waals surface area contributed by atoms with Crippen LogP contribution < -0.4 is 0 Å². The number of phenols is 1. The van der Waals surface area contributed by atoms with Crippen LogP contribution in [0, 0.1) is 11.6 Å². The summed E-state index contributed by atoms with van der Waals surface area (Å²) in [6, 6.07) is 8.88. The second-order valence-electron chi connectivity index (χ2n) is 5.03. The van der Waals surface area contributed by atoms with Crippen molar-refractivity contribution in [2.24, 2.45) is 0 Å². The maximum atomic E-state index is 13.9. The van der Waals surface area contributed by atoms with Gasteiger partial charge >= 0.3 is 0 Å². The summed E-state index contributed by atoms with van der Waals surface area (Å²) >= 11 is 0. The SMILES string of the molecule is Oc1ccc2c(c1)CCCC(c1ccc(F)cc1F)=C2. The topological polar surface area (TPSA) is 20.2 Å². The van der Waals surface area contributed by atoms with E-state index in [1.54, 1.807) is 12.1 Å². The first-order valence-electron chi connectivity index (χ1n) is 6.61. The number of halogens is 2. The van der Waals surface area contributed by atoms with Gasteiger partial charge in [0.2, 0.25) is 0 Å². The van der Waals surface area contributed by atoms with Crippen LogP contribution in [0.25, 0.3) is 11.6 Å². The molecule has 2 aromatic rings. The molecule has 1 aliphatic rings. The molecular weight excluding hydrogens is 258 g/mol. The molecule has 0 heterocycles. The van der Waals surface area contributed by atoms with Gasteiger partial charge in [-0.25, -0.2) is 8.78 Å². The molecule has 0 spiro atoms. The molecule has 0 amide bonds. The number of allylic oxidation sites excluding steroid dienone is 1. The van der Waals surface area contributed by atoms with E-state index in [-0.39, 0.29) is 5.75 Å². The molecule has 2 aromatic carbocycles. The van der Waals surface area contributed by atoms with Gasteiger partial charge in [0.15, 0.2) is 0 Å². The van der Waals surface area contributed by atoms with Crippen molar-refractivity contribution in [2.45, 2.75) is 19.3 Å². The van der Waals surface area contributed by atoms with E-state index in [1.807, 2.05) is 12.1 Å². The van der Waals surface area contributed by atoms with Crippen LogP contribution >= 0.6 is 0 Å². The summed E-state index contributed by atoms with van der Waals surface area (Å²) in [4.78, 5) is 0. The molecule has 0 unspecified atom stereocenters. The van der Waals surface area contributed by atoms with Gasteiger partial charge in [0.25, 0.3) is 0 Å². The predicted molar refractivity (Wildman–Crippen MR) is 75.3 cm³/mol. The van der Waals surface area contributed by atoms with Crippen LogP contribution in [0.2, 0.25) is 0 Å². The van der Waals surface area contributed by atoms with Gasteiger partial charge in [0.05, 0.1) is 0 Å². The third-order valence-electron chi connectivity index (χ3n) is 3.63. The monoisotopic (exact) mass is 272 g/mol. The second kappa shape index (κ2) is 5.08. The average Bonchev–Trinajstić information content (AvgIpc) is 2.60. The van der Waals surface area contributed by atoms with E-state index in [0.717, 1.165) is 42.0 Å². The van der Waals surface area contributed by atoms with Crippen LogP contribution in [0.4, 0.5) is 8.78 Å². The lowest BCUT2D eigenvalue weighted by Crippen LogP contribution is -1.91. The minimum absolute atomic E-state index is 0.244. The molecule has 3 heteroatoms. The van der Waals surface area contributed by atoms with Crippen LogP contribution in [0.5, 0.6) is 5.75 Å². The van der Waals surface area contributed by atoms with Gasteiger partial charge in [-0.15, -0.1) is 0 Å². The summed E-state index contributed by atoms with van der Waals surface area (Å²) < 4.78 is 26.9. The van der Waals surface area contributed by atoms with E-state index in [4.69, 9.17) is 0 Å². The molecule has 1 nitrogen and oxygen atoms in total. The van der Waals surface area contributed by atoms with Crippen LogP contribution in [0.1, 0.15) is 29.5 Å². The number of aryl methyl sites for hydroxylation is 1. The highest BCUT2D eigenvalue weighted by Gasteiger charge is 2.14. The molecule has 0 saturated carbocycles. The Hall–Kier alpha value is -2.16. The second-order valence-corrected chi connectivity index (χ2v) is 5.03. The van der Waals surface area contributed by atoms with E-state index < -0.39 is 11.6 Å². The Morgan fingerprint density at radius 2 is 1.80 bits per heavy atom. The summed E-state index contributed by atoms with van der Waals surface area (Å²) in [6.07, 6.45) is 4.38. The van der Waals surface area contributed by atoms with Crippen molar-refractivity contribution in [2.75, 3.05) is 0 Å². The number of aromatic hydroxyl groups is 1. The molecule has 1 aliphatic carbocycles. The average molecular weight is 272 g/mol. The Morgan fingerprint density at radius 3 is 2.60 bits per heavy atom. The summed E-state index contributed by atoms with van der Waals surface area (Å²) in [5.74, 6) is -0.849. The highest BCUT2D eigenvalue weighted by Crippen LogP contribution is 2.32. The summed E-state index contributed by atoms with van der Waals surface area (Å²) in [5.41, 5.74) is 3.36. The molecule has 0 bridgehead atoms. The molecule has 0 fully saturated rings. The van der Waals surface area contributed by atoms with E-state index in [1.165, 1.54) is 12.1 Å². The Kier molecular flexibility index (Phi) is 3.26. The molecule has 0 saturated heterocycles. The zero-order chi connectivity index (χ0) is 14.1. The molecule has 0 atom stereocenters. The number of phenolic OH excluding ortho intramolecular Hbond substituents is 1. The Balaban J connectivity index is 2.07. The minimum atomic E-state index is -0.564. The third kappa shape index (κ3) is 2.44. The predicted octanol–water partition coefficient (Wildman–Crippen LogP) is 4.55. The summed E-state index contributed by atoms with van der Waals surface area (Å²) in [6.45, 7) is 0. The Morgan fingerprint density at radius 1 is 0.950 bits per heavy atom. The summed E-state index contributed by atoms with van der Waals surface area (Å²) in [5, 5.41) is 9.52. The van der Waals surface area contributed by atoms with E-state index in [2.05, 4.69) is 0 Å². The number of fused-ring (bicyclic) bond motifs is 1. The molecule has 0 aromatic heterocycles. The van der Waals surface area contributed by atoms with Gasteiger partial charge in [0, 0.05) is 11.6 Å². The largest absolute Gasteiger partial charge is 0.508 e. The van der Waals surface area contributed by atoms with E-state index >= 15 is 0 Å². The first kappa shape index (κ1) is 12.9. The maximum absolute atomic E-state index is 13.9. The van der Waals surface area contributed by atoms with Gasteiger partial charge in [-0.1, -0.05) is 12.1 Å². The van der Waals surface area contributed by atoms with Crippen molar-refractivity contribution in [1.82, 2.24) is 0 Å². The van der Waals surface area contributed by atoms with Crippen molar-refractivity contribution in [1.29, 1.82) is 0 Å². The lowest BCUT2D eigenvalue weighted by Gasteiger charge is -2.07. The van der Waals surface area contributed by atoms with Crippen LogP contribution in [0.15, 0.2) is 36.4 Å².